The van der Waals surface area contributed by atoms with Gasteiger partial charge in [-0.25, -0.2) is 9.13 Å². The molecule has 0 aliphatic carbocycles. The molecule has 5 atom stereocenters. The Kier molecular flexibility index (Phi) is 72.3. The van der Waals surface area contributed by atoms with Gasteiger partial charge in [0, 0.05) is 19.3 Å². The Balaban J connectivity index is 4.69. The summed E-state index contributed by atoms with van der Waals surface area (Å²) in [6.45, 7) is 2.24. The van der Waals surface area contributed by atoms with Gasteiger partial charge >= 0.3 is 33.6 Å². The number of phosphoric ester groups is 2. The van der Waals surface area contributed by atoms with E-state index in [1.54, 1.807) is 0 Å². The number of ether oxygens (including phenoxy) is 3. The zero-order valence-corrected chi connectivity index (χ0v) is 65.5. The summed E-state index contributed by atoms with van der Waals surface area (Å²) in [7, 11) is -9.83. The van der Waals surface area contributed by atoms with Gasteiger partial charge in [-0.15, -0.1) is 0 Å². The van der Waals surface area contributed by atoms with E-state index in [-0.39, 0.29) is 19.3 Å². The predicted molar refractivity (Wildman–Crippen MR) is 426 cm³/mol. The predicted octanol–water partition coefficient (Wildman–Crippen LogP) is 23.0. The SMILES string of the molecule is CC/C=C\C/C=C\C/C=C\C/C=C\C/C=C\CCCCCCCCCCCC(=O)OCC(O)COP(=O)(O)OCC(O)COP(=O)(O)OCC(COC(=O)CCCCCCCCCCC/C=C\C/C=C\C/C=C\C/C=C\C/C=C\CC)OC(=O)CCC/C=C\C/C=C\C/C=C\C/C=C\C/C=C\CC. The molecule has 0 aromatic rings. The second-order valence-corrected chi connectivity index (χ2v) is 28.3. The molecule has 18 heteroatoms. The fourth-order valence-electron chi connectivity index (χ4n) is 9.78. The van der Waals surface area contributed by atoms with Gasteiger partial charge in [0.1, 0.15) is 25.4 Å². The first-order chi connectivity index (χ1) is 50.2. The first-order valence-corrected chi connectivity index (χ1v) is 42.1. The summed E-state index contributed by atoms with van der Waals surface area (Å²) < 4.78 is 61.1. The van der Waals surface area contributed by atoms with Crippen molar-refractivity contribution in [3.63, 3.8) is 0 Å². The standard InChI is InChI=1S/C85H138O16P2/c1-4-7-10-13-16-19-22-25-28-31-33-35-37-39-41-43-45-48-50-53-56-59-62-65-68-71-83(88)95-74-80(86)75-97-102(91,92)98-76-81(87)77-99-103(93,94)100-79-82(101-85(90)73-70-67-64-61-58-55-52-47-30-27-24-21-18-15-12-9-6-3)78-96-84(89)72-69-66-63-60-57-54-51-49-46-44-42-40-38-36-34-32-29-26-23-20-17-14-11-8-5-2/h7-12,16-21,25-30,33-36,39-42,52,55,61,64,80-82,86-87H,4-6,13-15,22-24,31-32,37-38,43-51,53-54,56-60,62-63,65-79H2,1-3H3,(H,91,92)(H,93,94)/b10-7-,11-8-,12-9-,19-16-,20-17-,21-18-,28-25-,29-26-,30-27-,35-33-,36-34-,41-39-,42-40-,55-52-,64-61-. The van der Waals surface area contributed by atoms with E-state index in [0.29, 0.717) is 25.7 Å². The summed E-state index contributed by atoms with van der Waals surface area (Å²) in [6.07, 6.45) is 98.0. The third kappa shape index (κ3) is 77.6. The van der Waals surface area contributed by atoms with Crippen LogP contribution in [-0.2, 0) is 55.8 Å². The molecular weight excluding hydrogens is 1340 g/mol. The molecule has 0 saturated carbocycles. The van der Waals surface area contributed by atoms with Gasteiger partial charge in [-0.05, 0) is 148 Å². The summed E-state index contributed by atoms with van der Waals surface area (Å²) in [5.74, 6) is -1.67. The average molecular weight is 1480 g/mol. The molecule has 0 heterocycles. The van der Waals surface area contributed by atoms with E-state index in [1.807, 2.05) is 12.2 Å². The molecule has 584 valence electrons. The van der Waals surface area contributed by atoms with E-state index in [2.05, 4.69) is 191 Å². The monoisotopic (exact) mass is 1480 g/mol. The maximum Gasteiger partial charge on any atom is 0.472 e. The Bertz CT molecular complexity index is 2600. The first-order valence-electron chi connectivity index (χ1n) is 39.1. The molecule has 103 heavy (non-hydrogen) atoms. The lowest BCUT2D eigenvalue weighted by atomic mass is 10.1. The van der Waals surface area contributed by atoms with Crippen LogP contribution in [0.3, 0.4) is 0 Å². The lowest BCUT2D eigenvalue weighted by Gasteiger charge is -2.21. The molecule has 5 unspecified atom stereocenters. The second kappa shape index (κ2) is 76.3. The molecule has 0 aromatic heterocycles. The zero-order chi connectivity index (χ0) is 75.2. The molecule has 4 N–H and O–H groups in total. The van der Waals surface area contributed by atoms with E-state index in [9.17, 15) is 43.5 Å². The van der Waals surface area contributed by atoms with Crippen LogP contribution in [0.15, 0.2) is 182 Å². The summed E-state index contributed by atoms with van der Waals surface area (Å²) >= 11 is 0. The molecule has 0 saturated heterocycles. The Morgan fingerprint density at radius 2 is 0.495 bits per heavy atom. The van der Waals surface area contributed by atoms with Crippen LogP contribution in [0.5, 0.6) is 0 Å². The number of allylic oxidation sites excluding steroid dienone is 30. The third-order valence-corrected chi connectivity index (χ3v) is 17.5. The van der Waals surface area contributed by atoms with Crippen molar-refractivity contribution in [3.8, 4) is 0 Å². The van der Waals surface area contributed by atoms with Crippen molar-refractivity contribution in [1.82, 2.24) is 0 Å². The second-order valence-electron chi connectivity index (χ2n) is 25.4. The lowest BCUT2D eigenvalue weighted by molar-refractivity contribution is -0.161. The molecule has 0 radical (unpaired) electrons. The van der Waals surface area contributed by atoms with Crippen LogP contribution in [0.4, 0.5) is 0 Å². The number of phosphoric acid groups is 2. The van der Waals surface area contributed by atoms with E-state index in [0.717, 1.165) is 161 Å². The van der Waals surface area contributed by atoms with Crippen LogP contribution in [0.25, 0.3) is 0 Å². The molecule has 0 amide bonds. The van der Waals surface area contributed by atoms with Crippen LogP contribution >= 0.6 is 15.6 Å². The van der Waals surface area contributed by atoms with Crippen LogP contribution in [0, 0.1) is 0 Å². The van der Waals surface area contributed by atoms with Gasteiger partial charge < -0.3 is 34.2 Å². The first kappa shape index (κ1) is 97.7. The molecule has 16 nitrogen and oxygen atoms in total. The Morgan fingerprint density at radius 3 is 0.796 bits per heavy atom. The topological polar surface area (TPSA) is 231 Å². The van der Waals surface area contributed by atoms with Crippen molar-refractivity contribution >= 4 is 33.6 Å². The minimum atomic E-state index is -4.96. The summed E-state index contributed by atoms with van der Waals surface area (Å²) in [4.78, 5) is 58.7. The highest BCUT2D eigenvalue weighted by Gasteiger charge is 2.29. The van der Waals surface area contributed by atoms with Crippen molar-refractivity contribution in [2.75, 3.05) is 39.6 Å². The van der Waals surface area contributed by atoms with Gasteiger partial charge in [-0.1, -0.05) is 293 Å². The quantitative estimate of drug-likeness (QED) is 0.0146. The van der Waals surface area contributed by atoms with Gasteiger partial charge in [-0.3, -0.25) is 32.5 Å². The molecule has 0 aliphatic rings. The fraction of sp³-hybridized carbons (Fsp3) is 0.612. The number of hydrogen-bond acceptors (Lipinski definition) is 14. The van der Waals surface area contributed by atoms with Crippen LogP contribution < -0.4 is 0 Å². The lowest BCUT2D eigenvalue weighted by Crippen LogP contribution is -2.30. The number of unbranched alkanes of at least 4 members (excludes halogenated alkanes) is 19. The van der Waals surface area contributed by atoms with Crippen LogP contribution in [0.1, 0.15) is 278 Å². The van der Waals surface area contributed by atoms with Gasteiger partial charge in [0.05, 0.1) is 26.4 Å². The molecular formula is C85H138O16P2. The van der Waals surface area contributed by atoms with Crippen molar-refractivity contribution in [2.24, 2.45) is 0 Å². The highest BCUT2D eigenvalue weighted by Crippen LogP contribution is 2.45. The van der Waals surface area contributed by atoms with Crippen LogP contribution in [-0.4, -0.2) is 95.9 Å². The van der Waals surface area contributed by atoms with Gasteiger partial charge in [0.25, 0.3) is 0 Å². The van der Waals surface area contributed by atoms with Gasteiger partial charge in [0.15, 0.2) is 6.10 Å². The molecule has 0 bridgehead atoms. The number of aliphatic hydroxyl groups is 2. The van der Waals surface area contributed by atoms with E-state index < -0.39 is 91.5 Å². The van der Waals surface area contributed by atoms with E-state index in [1.165, 1.54) is 51.4 Å². The maximum atomic E-state index is 13.0. The summed E-state index contributed by atoms with van der Waals surface area (Å²) in [6, 6.07) is 0. The average Bonchev–Trinajstić information content (AvgIpc) is 0.914. The summed E-state index contributed by atoms with van der Waals surface area (Å²) in [5, 5.41) is 20.6. The number of carbonyl (C=O) groups excluding carboxylic acids is 3. The summed E-state index contributed by atoms with van der Waals surface area (Å²) in [5.41, 5.74) is 0. The van der Waals surface area contributed by atoms with Crippen LogP contribution in [0.2, 0.25) is 0 Å². The van der Waals surface area contributed by atoms with Gasteiger partial charge in [0.2, 0.25) is 0 Å². The zero-order valence-electron chi connectivity index (χ0n) is 63.7. The molecule has 0 rings (SSSR count). The Morgan fingerprint density at radius 1 is 0.272 bits per heavy atom. The van der Waals surface area contributed by atoms with Crippen molar-refractivity contribution < 1.29 is 75.8 Å². The number of esters is 3. The highest BCUT2D eigenvalue weighted by atomic mass is 31.2. The number of rotatable bonds is 72. The molecule has 0 fully saturated rings. The molecule has 0 spiro atoms. The minimum Gasteiger partial charge on any atom is -0.463 e. The Hall–Kier alpha value is -5.35. The molecule has 0 aromatic carbocycles. The number of aliphatic hydroxyl groups excluding tert-OH is 2. The van der Waals surface area contributed by atoms with Crippen molar-refractivity contribution in [3.05, 3.63) is 182 Å². The van der Waals surface area contributed by atoms with E-state index >= 15 is 0 Å². The third-order valence-electron chi connectivity index (χ3n) is 15.6. The van der Waals surface area contributed by atoms with Crippen molar-refractivity contribution in [2.45, 2.75) is 296 Å². The largest absolute Gasteiger partial charge is 0.472 e. The fourth-order valence-corrected chi connectivity index (χ4v) is 11.4. The van der Waals surface area contributed by atoms with Gasteiger partial charge in [-0.2, -0.15) is 0 Å². The Labute approximate surface area is 624 Å². The van der Waals surface area contributed by atoms with E-state index in [4.69, 9.17) is 32.3 Å². The number of carbonyl (C=O) groups is 3. The number of hydrogen-bond donors (Lipinski definition) is 4. The highest BCUT2D eigenvalue weighted by molar-refractivity contribution is 7.47. The maximum absolute atomic E-state index is 13.0. The minimum absolute atomic E-state index is 0.0181. The molecule has 0 aliphatic heterocycles. The smallest absolute Gasteiger partial charge is 0.463 e. The van der Waals surface area contributed by atoms with Crippen molar-refractivity contribution in [1.29, 1.82) is 0 Å². The normalized spacial score (nSPS) is 15.0.